The average Bonchev–Trinajstić information content (AvgIpc) is 2.77. The van der Waals surface area contributed by atoms with Crippen molar-refractivity contribution >= 4 is 5.97 Å². The Morgan fingerprint density at radius 2 is 2.26 bits per heavy atom. The van der Waals surface area contributed by atoms with E-state index in [1.165, 1.54) is 0 Å². The van der Waals surface area contributed by atoms with Crippen molar-refractivity contribution in [3.05, 3.63) is 11.7 Å². The number of carboxylic acids is 1. The fraction of sp³-hybridized carbons (Fsp3) is 0.750. The van der Waals surface area contributed by atoms with Crippen LogP contribution in [0.25, 0.3) is 0 Å². The van der Waals surface area contributed by atoms with Gasteiger partial charge < -0.3 is 14.4 Å². The van der Waals surface area contributed by atoms with Crippen LogP contribution in [0.2, 0.25) is 0 Å². The number of nitrogens with zero attached hydrogens (tertiary/aromatic N) is 3. The molecule has 0 unspecified atom stereocenters. The van der Waals surface area contributed by atoms with Crippen molar-refractivity contribution in [1.82, 2.24) is 15.0 Å². The van der Waals surface area contributed by atoms with Crippen molar-refractivity contribution < 1.29 is 19.2 Å². The molecule has 0 amide bonds. The Kier molecular flexibility index (Phi) is 4.86. The third kappa shape index (κ3) is 4.60. The summed E-state index contributed by atoms with van der Waals surface area (Å²) in [4.78, 5) is 16.8. The molecule has 1 aromatic rings. The Balaban J connectivity index is 1.66. The molecule has 0 aliphatic carbocycles. The van der Waals surface area contributed by atoms with E-state index in [0.29, 0.717) is 24.9 Å². The maximum atomic E-state index is 10.4. The molecule has 0 radical (unpaired) electrons. The lowest BCUT2D eigenvalue weighted by Crippen LogP contribution is -2.36. The SMILES string of the molecule is Cc1noc(CN2CCC(OCCC(=O)O)CC2)n1. The van der Waals surface area contributed by atoms with E-state index in [2.05, 4.69) is 15.0 Å². The number of carbonyl (C=O) groups is 1. The van der Waals surface area contributed by atoms with Gasteiger partial charge in [0.2, 0.25) is 5.89 Å². The van der Waals surface area contributed by atoms with Crippen LogP contribution in [0.15, 0.2) is 4.52 Å². The number of aromatic nitrogens is 2. The zero-order valence-electron chi connectivity index (χ0n) is 11.0. The van der Waals surface area contributed by atoms with Gasteiger partial charge in [0, 0.05) is 13.1 Å². The Morgan fingerprint density at radius 1 is 1.53 bits per heavy atom. The van der Waals surface area contributed by atoms with Crippen molar-refractivity contribution in [2.45, 2.75) is 38.8 Å². The molecule has 1 aliphatic heterocycles. The highest BCUT2D eigenvalue weighted by atomic mass is 16.5. The first-order chi connectivity index (χ1) is 9.13. The summed E-state index contributed by atoms with van der Waals surface area (Å²) in [5.74, 6) is 0.480. The first-order valence-electron chi connectivity index (χ1n) is 6.48. The van der Waals surface area contributed by atoms with Crippen LogP contribution in [0.3, 0.4) is 0 Å². The standard InChI is InChI=1S/C12H19N3O4/c1-9-13-11(19-14-9)8-15-5-2-10(3-6-15)18-7-4-12(16)17/h10H,2-8H2,1H3,(H,16,17). The van der Waals surface area contributed by atoms with Gasteiger partial charge in [0.25, 0.3) is 0 Å². The largest absolute Gasteiger partial charge is 0.481 e. The van der Waals surface area contributed by atoms with Crippen LogP contribution in [0, 0.1) is 6.92 Å². The molecule has 1 aromatic heterocycles. The van der Waals surface area contributed by atoms with E-state index in [1.54, 1.807) is 6.92 Å². The fourth-order valence-electron chi connectivity index (χ4n) is 2.14. The number of piperidine rings is 1. The van der Waals surface area contributed by atoms with Crippen molar-refractivity contribution in [1.29, 1.82) is 0 Å². The maximum absolute atomic E-state index is 10.4. The quantitative estimate of drug-likeness (QED) is 0.818. The highest BCUT2D eigenvalue weighted by Crippen LogP contribution is 2.15. The third-order valence-corrected chi connectivity index (χ3v) is 3.13. The van der Waals surface area contributed by atoms with Gasteiger partial charge in [0.15, 0.2) is 5.82 Å². The summed E-state index contributed by atoms with van der Waals surface area (Å²) in [6, 6.07) is 0. The van der Waals surface area contributed by atoms with E-state index >= 15 is 0 Å². The predicted molar refractivity (Wildman–Crippen MR) is 65.5 cm³/mol. The van der Waals surface area contributed by atoms with Gasteiger partial charge in [-0.15, -0.1) is 0 Å². The topological polar surface area (TPSA) is 88.7 Å². The molecule has 2 rings (SSSR count). The van der Waals surface area contributed by atoms with Crippen molar-refractivity contribution in [2.24, 2.45) is 0 Å². The number of carboxylic acid groups (broad SMARTS) is 1. The maximum Gasteiger partial charge on any atom is 0.305 e. The van der Waals surface area contributed by atoms with Crippen molar-refractivity contribution in [2.75, 3.05) is 19.7 Å². The second-order valence-electron chi connectivity index (χ2n) is 4.73. The molecular formula is C12H19N3O4. The summed E-state index contributed by atoms with van der Waals surface area (Å²) in [6.07, 6.45) is 2.06. The monoisotopic (exact) mass is 269 g/mol. The van der Waals surface area contributed by atoms with Crippen molar-refractivity contribution in [3.63, 3.8) is 0 Å². The predicted octanol–water partition coefficient (Wildman–Crippen LogP) is 0.834. The molecule has 0 atom stereocenters. The molecule has 1 aliphatic rings. The van der Waals surface area contributed by atoms with Crippen LogP contribution in [-0.4, -0.2) is 51.9 Å². The van der Waals surface area contributed by atoms with E-state index in [0.717, 1.165) is 25.9 Å². The van der Waals surface area contributed by atoms with Crippen LogP contribution < -0.4 is 0 Å². The Labute approximate surface area is 111 Å². The number of ether oxygens (including phenoxy) is 1. The molecule has 19 heavy (non-hydrogen) atoms. The fourth-order valence-corrected chi connectivity index (χ4v) is 2.14. The summed E-state index contributed by atoms with van der Waals surface area (Å²) < 4.78 is 10.6. The number of aliphatic carboxylic acids is 1. The minimum absolute atomic E-state index is 0.0709. The summed E-state index contributed by atoms with van der Waals surface area (Å²) in [6.45, 7) is 4.57. The summed E-state index contributed by atoms with van der Waals surface area (Å²) in [5, 5.41) is 12.3. The van der Waals surface area contributed by atoms with Gasteiger partial charge >= 0.3 is 5.97 Å². The number of hydrogen-bond acceptors (Lipinski definition) is 6. The molecule has 0 aromatic carbocycles. The van der Waals surface area contributed by atoms with E-state index in [-0.39, 0.29) is 12.5 Å². The normalized spacial score (nSPS) is 17.7. The summed E-state index contributed by atoms with van der Waals surface area (Å²) in [7, 11) is 0. The molecular weight excluding hydrogens is 250 g/mol. The molecule has 1 fully saturated rings. The van der Waals surface area contributed by atoms with Crippen LogP contribution in [-0.2, 0) is 16.1 Å². The van der Waals surface area contributed by atoms with E-state index < -0.39 is 5.97 Å². The van der Waals surface area contributed by atoms with E-state index in [1.807, 2.05) is 0 Å². The minimum Gasteiger partial charge on any atom is -0.481 e. The Hall–Kier alpha value is -1.47. The Morgan fingerprint density at radius 3 is 2.84 bits per heavy atom. The molecule has 1 saturated heterocycles. The zero-order valence-corrected chi connectivity index (χ0v) is 11.0. The van der Waals surface area contributed by atoms with Crippen LogP contribution in [0.5, 0.6) is 0 Å². The molecule has 0 saturated carbocycles. The molecule has 1 N–H and O–H groups in total. The van der Waals surface area contributed by atoms with Crippen LogP contribution in [0.1, 0.15) is 31.0 Å². The van der Waals surface area contributed by atoms with Crippen LogP contribution >= 0.6 is 0 Å². The van der Waals surface area contributed by atoms with Gasteiger partial charge in [0.1, 0.15) is 0 Å². The second-order valence-corrected chi connectivity index (χ2v) is 4.73. The summed E-state index contributed by atoms with van der Waals surface area (Å²) in [5.41, 5.74) is 0. The van der Waals surface area contributed by atoms with Crippen molar-refractivity contribution in [3.8, 4) is 0 Å². The minimum atomic E-state index is -0.816. The van der Waals surface area contributed by atoms with E-state index in [9.17, 15) is 4.79 Å². The van der Waals surface area contributed by atoms with Crippen LogP contribution in [0.4, 0.5) is 0 Å². The van der Waals surface area contributed by atoms with Gasteiger partial charge in [-0.25, -0.2) is 0 Å². The van der Waals surface area contributed by atoms with E-state index in [4.69, 9.17) is 14.4 Å². The summed E-state index contributed by atoms with van der Waals surface area (Å²) >= 11 is 0. The third-order valence-electron chi connectivity index (χ3n) is 3.13. The smallest absolute Gasteiger partial charge is 0.305 e. The molecule has 0 spiro atoms. The average molecular weight is 269 g/mol. The second kappa shape index (κ2) is 6.63. The molecule has 106 valence electrons. The first-order valence-corrected chi connectivity index (χ1v) is 6.48. The number of hydrogen-bond donors (Lipinski definition) is 1. The molecule has 0 bridgehead atoms. The van der Waals surface area contributed by atoms with Gasteiger partial charge in [-0.1, -0.05) is 5.16 Å². The molecule has 2 heterocycles. The molecule has 7 nitrogen and oxygen atoms in total. The van der Waals surface area contributed by atoms with Gasteiger partial charge in [-0.05, 0) is 19.8 Å². The number of aryl methyl sites for hydroxylation is 1. The Bertz CT molecular complexity index is 413. The highest BCUT2D eigenvalue weighted by molar-refractivity contribution is 5.66. The van der Waals surface area contributed by atoms with Gasteiger partial charge in [-0.3, -0.25) is 9.69 Å². The lowest BCUT2D eigenvalue weighted by molar-refractivity contribution is -0.138. The van der Waals surface area contributed by atoms with Gasteiger partial charge in [-0.2, -0.15) is 4.98 Å². The zero-order chi connectivity index (χ0) is 13.7. The lowest BCUT2D eigenvalue weighted by atomic mass is 10.1. The lowest BCUT2D eigenvalue weighted by Gasteiger charge is -2.30. The number of rotatable bonds is 6. The van der Waals surface area contributed by atoms with Gasteiger partial charge in [0.05, 0.1) is 25.7 Å². The number of likely N-dealkylation sites (tertiary alicyclic amines) is 1. The molecule has 7 heteroatoms. The first kappa shape index (κ1) is 14.0. The highest BCUT2D eigenvalue weighted by Gasteiger charge is 2.21.